The second-order valence-corrected chi connectivity index (χ2v) is 7.67. The maximum atomic E-state index is 11.9. The normalized spacial score (nSPS) is 11.5. The van der Waals surface area contributed by atoms with E-state index in [0.717, 1.165) is 30.2 Å². The van der Waals surface area contributed by atoms with Crippen LogP contribution in [0.1, 0.15) is 10.4 Å². The molecule has 6 nitrogen and oxygen atoms in total. The van der Waals surface area contributed by atoms with Crippen LogP contribution < -0.4 is 10.6 Å². The van der Waals surface area contributed by atoms with Crippen molar-refractivity contribution < 1.29 is 4.79 Å². The second-order valence-electron chi connectivity index (χ2n) is 6.64. The molecule has 0 aliphatic rings. The molecule has 1 amide bonds. The molecule has 27 heavy (non-hydrogen) atoms. The Balaban J connectivity index is 1.86. The van der Waals surface area contributed by atoms with Crippen molar-refractivity contribution in [2.75, 3.05) is 46.6 Å². The number of hydrogen-bond donors (Lipinski definition) is 2. The third-order valence-corrected chi connectivity index (χ3v) is 4.90. The van der Waals surface area contributed by atoms with E-state index in [1.165, 1.54) is 4.88 Å². The van der Waals surface area contributed by atoms with Crippen molar-refractivity contribution in [2.24, 2.45) is 4.99 Å². The number of nitrogens with zero attached hydrogens (tertiary/aromatic N) is 3. The first-order valence-corrected chi connectivity index (χ1v) is 9.83. The van der Waals surface area contributed by atoms with Crippen LogP contribution in [0.2, 0.25) is 0 Å². The Labute approximate surface area is 165 Å². The molecule has 7 heteroatoms. The molecular formula is C20H29N5OS. The van der Waals surface area contributed by atoms with Crippen molar-refractivity contribution in [1.82, 2.24) is 15.1 Å². The van der Waals surface area contributed by atoms with Crippen molar-refractivity contribution in [2.45, 2.75) is 13.0 Å². The monoisotopic (exact) mass is 387 g/mol. The Morgan fingerprint density at radius 1 is 1.19 bits per heavy atom. The highest BCUT2D eigenvalue weighted by Crippen LogP contribution is 2.11. The van der Waals surface area contributed by atoms with Crippen molar-refractivity contribution in [3.63, 3.8) is 0 Å². The number of rotatable bonds is 8. The van der Waals surface area contributed by atoms with E-state index in [9.17, 15) is 4.79 Å². The zero-order valence-corrected chi connectivity index (χ0v) is 17.3. The molecular weight excluding hydrogens is 358 g/mol. The lowest BCUT2D eigenvalue weighted by atomic mass is 10.2. The van der Waals surface area contributed by atoms with Crippen molar-refractivity contribution in [3.8, 4) is 0 Å². The largest absolute Gasteiger partial charge is 0.352 e. The Kier molecular flexibility index (Phi) is 8.29. The van der Waals surface area contributed by atoms with Crippen LogP contribution >= 0.6 is 11.3 Å². The Hall–Kier alpha value is -2.38. The summed E-state index contributed by atoms with van der Waals surface area (Å²) >= 11 is 1.78. The third-order valence-electron chi connectivity index (χ3n) is 3.97. The number of hydrogen-bond acceptors (Lipinski definition) is 4. The second kappa shape index (κ2) is 10.7. The maximum absolute atomic E-state index is 11.9. The molecule has 0 radical (unpaired) electrons. The van der Waals surface area contributed by atoms with Crippen LogP contribution in [0.5, 0.6) is 0 Å². The quantitative estimate of drug-likeness (QED) is 0.540. The summed E-state index contributed by atoms with van der Waals surface area (Å²) in [5.41, 5.74) is 1.90. The molecule has 1 aromatic heterocycles. The predicted molar refractivity (Wildman–Crippen MR) is 114 cm³/mol. The summed E-state index contributed by atoms with van der Waals surface area (Å²) < 4.78 is 0. The number of benzene rings is 1. The lowest BCUT2D eigenvalue weighted by Crippen LogP contribution is -2.39. The molecule has 1 aromatic carbocycles. The number of thiophene rings is 1. The van der Waals surface area contributed by atoms with Crippen LogP contribution in [-0.2, 0) is 17.8 Å². The summed E-state index contributed by atoms with van der Waals surface area (Å²) in [5, 5.41) is 8.42. The lowest BCUT2D eigenvalue weighted by molar-refractivity contribution is -0.116. The summed E-state index contributed by atoms with van der Waals surface area (Å²) in [5.74, 6) is 0.836. The topological polar surface area (TPSA) is 60.0 Å². The van der Waals surface area contributed by atoms with E-state index in [1.54, 1.807) is 18.4 Å². The molecule has 0 saturated carbocycles. The first-order valence-electron chi connectivity index (χ1n) is 8.95. The molecule has 2 aromatic rings. The van der Waals surface area contributed by atoms with Crippen LogP contribution in [0.15, 0.2) is 46.8 Å². The maximum Gasteiger partial charge on any atom is 0.238 e. The molecule has 0 saturated heterocycles. The number of likely N-dealkylation sites (N-methyl/N-ethyl adjacent to an activating group) is 2. The van der Waals surface area contributed by atoms with Crippen molar-refractivity contribution in [1.29, 1.82) is 0 Å². The summed E-state index contributed by atoms with van der Waals surface area (Å²) in [6.07, 6.45) is 1.00. The summed E-state index contributed by atoms with van der Waals surface area (Å²) in [6, 6.07) is 12.1. The number of carbonyl (C=O) groups is 1. The van der Waals surface area contributed by atoms with E-state index in [4.69, 9.17) is 0 Å². The highest BCUT2D eigenvalue weighted by molar-refractivity contribution is 7.09. The van der Waals surface area contributed by atoms with E-state index in [1.807, 2.05) is 50.3 Å². The first kappa shape index (κ1) is 20.9. The minimum Gasteiger partial charge on any atom is -0.352 e. The number of carbonyl (C=O) groups excluding carboxylic acids is 1. The molecule has 0 fully saturated rings. The smallest absolute Gasteiger partial charge is 0.238 e. The van der Waals surface area contributed by atoms with Gasteiger partial charge in [0.05, 0.1) is 6.54 Å². The SMILES string of the molecule is CN=C(NCc1cccc(NC(=O)CN(C)C)c1)N(C)CCc1cccs1. The highest BCUT2D eigenvalue weighted by atomic mass is 32.1. The zero-order valence-electron chi connectivity index (χ0n) is 16.5. The Morgan fingerprint density at radius 2 is 2.00 bits per heavy atom. The number of amides is 1. The summed E-state index contributed by atoms with van der Waals surface area (Å²) in [6.45, 7) is 1.92. The molecule has 2 N–H and O–H groups in total. The van der Waals surface area contributed by atoms with Gasteiger partial charge in [-0.15, -0.1) is 11.3 Å². The van der Waals surface area contributed by atoms with Gasteiger partial charge in [-0.3, -0.25) is 9.79 Å². The summed E-state index contributed by atoms with van der Waals surface area (Å²) in [4.78, 5) is 21.6. The highest BCUT2D eigenvalue weighted by Gasteiger charge is 2.08. The molecule has 0 spiro atoms. The average molecular weight is 388 g/mol. The van der Waals surface area contributed by atoms with E-state index in [2.05, 4.69) is 38.0 Å². The number of guanidine groups is 1. The van der Waals surface area contributed by atoms with Gasteiger partial charge < -0.3 is 20.4 Å². The number of aliphatic imine (C=N–C) groups is 1. The van der Waals surface area contributed by atoms with Crippen molar-refractivity contribution in [3.05, 3.63) is 52.2 Å². The Morgan fingerprint density at radius 3 is 2.67 bits per heavy atom. The number of nitrogens with one attached hydrogen (secondary N) is 2. The molecule has 2 rings (SSSR count). The van der Waals surface area contributed by atoms with Crippen LogP contribution in [0.4, 0.5) is 5.69 Å². The third kappa shape index (κ3) is 7.40. The van der Waals surface area contributed by atoms with Gasteiger partial charge >= 0.3 is 0 Å². The minimum atomic E-state index is -0.0192. The van der Waals surface area contributed by atoms with Gasteiger partial charge in [0.2, 0.25) is 5.91 Å². The van der Waals surface area contributed by atoms with Gasteiger partial charge in [-0.2, -0.15) is 0 Å². The van der Waals surface area contributed by atoms with Gasteiger partial charge in [0.15, 0.2) is 5.96 Å². The van der Waals surface area contributed by atoms with E-state index >= 15 is 0 Å². The van der Waals surface area contributed by atoms with Gasteiger partial charge in [-0.05, 0) is 49.7 Å². The molecule has 0 aliphatic heterocycles. The fraction of sp³-hybridized carbons (Fsp3) is 0.400. The first-order chi connectivity index (χ1) is 13.0. The fourth-order valence-corrected chi connectivity index (χ4v) is 3.35. The molecule has 0 aliphatic carbocycles. The molecule has 146 valence electrons. The predicted octanol–water partition coefficient (Wildman–Crippen LogP) is 2.50. The van der Waals surface area contributed by atoms with Crippen LogP contribution in [-0.4, -0.2) is 62.9 Å². The fourth-order valence-electron chi connectivity index (χ4n) is 2.65. The van der Waals surface area contributed by atoms with Gasteiger partial charge in [-0.1, -0.05) is 18.2 Å². The van der Waals surface area contributed by atoms with Crippen LogP contribution in [0, 0.1) is 0 Å². The molecule has 0 unspecified atom stereocenters. The van der Waals surface area contributed by atoms with Gasteiger partial charge in [0, 0.05) is 37.7 Å². The molecule has 1 heterocycles. The van der Waals surface area contributed by atoms with E-state index in [-0.39, 0.29) is 5.91 Å². The molecule has 0 atom stereocenters. The van der Waals surface area contributed by atoms with Gasteiger partial charge in [0.25, 0.3) is 0 Å². The van der Waals surface area contributed by atoms with E-state index in [0.29, 0.717) is 13.1 Å². The lowest BCUT2D eigenvalue weighted by Gasteiger charge is -2.22. The average Bonchev–Trinajstić information content (AvgIpc) is 3.13. The van der Waals surface area contributed by atoms with Gasteiger partial charge in [-0.25, -0.2) is 0 Å². The number of anilines is 1. The van der Waals surface area contributed by atoms with Crippen molar-refractivity contribution >= 4 is 28.9 Å². The Bertz CT molecular complexity index is 743. The standard InChI is InChI=1S/C20H29N5OS/c1-21-20(25(4)11-10-18-9-6-12-27-18)22-14-16-7-5-8-17(13-16)23-19(26)15-24(2)3/h5-9,12-13H,10-11,14-15H2,1-4H3,(H,21,22)(H,23,26). The minimum absolute atomic E-state index is 0.0192. The van der Waals surface area contributed by atoms with E-state index < -0.39 is 0 Å². The summed E-state index contributed by atoms with van der Waals surface area (Å²) in [7, 11) is 7.59. The van der Waals surface area contributed by atoms with Crippen LogP contribution in [0.25, 0.3) is 0 Å². The zero-order chi connectivity index (χ0) is 19.6. The van der Waals surface area contributed by atoms with Gasteiger partial charge in [0.1, 0.15) is 0 Å². The van der Waals surface area contributed by atoms with Crippen LogP contribution in [0.3, 0.4) is 0 Å². The molecule has 0 bridgehead atoms.